The van der Waals surface area contributed by atoms with Crippen LogP contribution in [-0.4, -0.2) is 35.9 Å². The van der Waals surface area contributed by atoms with Gasteiger partial charge in [-0.05, 0) is 52.9 Å². The van der Waals surface area contributed by atoms with Crippen LogP contribution in [0.1, 0.15) is 40.5 Å². The lowest BCUT2D eigenvalue weighted by Crippen LogP contribution is -2.59. The minimum absolute atomic E-state index is 0.00138. The van der Waals surface area contributed by atoms with Crippen LogP contribution in [-0.2, 0) is 8.85 Å². The van der Waals surface area contributed by atoms with E-state index in [0.717, 1.165) is 12.8 Å². The van der Waals surface area contributed by atoms with Crippen LogP contribution in [0, 0.1) is 0 Å². The summed E-state index contributed by atoms with van der Waals surface area (Å²) in [5.74, 6) is 0. The van der Waals surface area contributed by atoms with E-state index in [-0.39, 0.29) is 10.4 Å². The Morgan fingerprint density at radius 2 is 1.30 bits per heavy atom. The van der Waals surface area contributed by atoms with Gasteiger partial charge in [-0.2, -0.15) is 0 Å². The molecule has 0 spiro atoms. The normalized spacial score (nSPS) is 16.4. The van der Waals surface area contributed by atoms with E-state index in [0.29, 0.717) is 0 Å². The van der Waals surface area contributed by atoms with Gasteiger partial charge < -0.3 is 8.85 Å². The predicted molar refractivity (Wildman–Crippen MR) is 99.3 cm³/mol. The third-order valence-corrected chi connectivity index (χ3v) is 13.3. The molecular weight excluding hydrogens is 296 g/mol. The van der Waals surface area contributed by atoms with Crippen LogP contribution in [0.3, 0.4) is 0 Å². The second kappa shape index (κ2) is 6.77. The van der Waals surface area contributed by atoms with Crippen LogP contribution in [0.4, 0.5) is 0 Å². The van der Waals surface area contributed by atoms with E-state index in [4.69, 9.17) is 8.85 Å². The predicted octanol–water partition coefficient (Wildman–Crippen LogP) is 4.96. The SMILES string of the molecule is CCC(CC)(O[Si](C)(C)C)[SiH](C)OC(C)(C)[Si](C)(C)C. The fraction of sp³-hybridized carbons (Fsp3) is 1.00. The molecule has 0 aromatic carbocycles. The molecule has 0 saturated heterocycles. The highest BCUT2D eigenvalue weighted by Crippen LogP contribution is 2.33. The van der Waals surface area contributed by atoms with Crippen molar-refractivity contribution in [2.45, 2.75) is 96.8 Å². The van der Waals surface area contributed by atoms with Crippen molar-refractivity contribution in [2.75, 3.05) is 0 Å². The van der Waals surface area contributed by atoms with E-state index in [9.17, 15) is 0 Å². The smallest absolute Gasteiger partial charge is 0.204 e. The van der Waals surface area contributed by atoms with Crippen molar-refractivity contribution in [1.82, 2.24) is 0 Å². The third-order valence-electron chi connectivity index (χ3n) is 4.72. The molecule has 0 N–H and O–H groups in total. The molecule has 0 aliphatic carbocycles. The highest BCUT2D eigenvalue weighted by molar-refractivity contribution is 6.79. The summed E-state index contributed by atoms with van der Waals surface area (Å²) in [5.41, 5.74) is 0. The molecule has 2 nitrogen and oxygen atoms in total. The average Bonchev–Trinajstić information content (AvgIpc) is 2.22. The van der Waals surface area contributed by atoms with Gasteiger partial charge in [0.1, 0.15) is 0 Å². The zero-order valence-electron chi connectivity index (χ0n) is 15.8. The maximum atomic E-state index is 6.69. The first-order chi connectivity index (χ1) is 8.71. The molecule has 1 atom stereocenters. The molecule has 0 amide bonds. The van der Waals surface area contributed by atoms with Gasteiger partial charge in [0.15, 0.2) is 8.32 Å². The number of hydrogen-bond donors (Lipinski definition) is 0. The molecule has 0 aliphatic heterocycles. The molecule has 0 rings (SSSR count). The third kappa shape index (κ3) is 5.40. The maximum absolute atomic E-state index is 6.69. The lowest BCUT2D eigenvalue weighted by atomic mass is 10.2. The van der Waals surface area contributed by atoms with Gasteiger partial charge in [0.25, 0.3) is 0 Å². The van der Waals surface area contributed by atoms with Crippen LogP contribution in [0.15, 0.2) is 0 Å². The van der Waals surface area contributed by atoms with Crippen LogP contribution < -0.4 is 0 Å². The molecule has 20 heavy (non-hydrogen) atoms. The molecule has 0 aromatic heterocycles. The minimum atomic E-state index is -1.55. The molecule has 0 heterocycles. The van der Waals surface area contributed by atoms with E-state index in [2.05, 4.69) is 73.5 Å². The van der Waals surface area contributed by atoms with Gasteiger partial charge >= 0.3 is 0 Å². The molecule has 0 aliphatic rings. The fourth-order valence-corrected chi connectivity index (χ4v) is 9.81. The van der Waals surface area contributed by atoms with E-state index in [1.54, 1.807) is 0 Å². The standard InChI is InChI=1S/C15H38O2Si3/c1-12-15(13-2,17-20(9,10)11)18(5)16-14(3,4)19(6,7)8/h18H,12-13H2,1-11H3. The Kier molecular flexibility index (Phi) is 6.96. The molecule has 0 aromatic rings. The molecular formula is C15H38O2Si3. The molecule has 0 saturated carbocycles. The Morgan fingerprint density at radius 3 is 1.55 bits per heavy atom. The highest BCUT2D eigenvalue weighted by Gasteiger charge is 2.45. The summed E-state index contributed by atoms with van der Waals surface area (Å²) in [6.07, 6.45) is 2.14. The van der Waals surface area contributed by atoms with Gasteiger partial charge in [0.2, 0.25) is 9.04 Å². The Bertz CT molecular complexity index is 299. The molecule has 0 radical (unpaired) electrons. The topological polar surface area (TPSA) is 18.5 Å². The second-order valence-electron chi connectivity index (χ2n) is 8.51. The van der Waals surface area contributed by atoms with Gasteiger partial charge in [-0.3, -0.25) is 0 Å². The summed E-state index contributed by atoms with van der Waals surface area (Å²) in [6, 6.07) is 0. The zero-order valence-corrected chi connectivity index (χ0v) is 19.0. The highest BCUT2D eigenvalue weighted by atomic mass is 28.4. The van der Waals surface area contributed by atoms with E-state index >= 15 is 0 Å². The van der Waals surface area contributed by atoms with Crippen LogP contribution in [0.2, 0.25) is 45.8 Å². The maximum Gasteiger partial charge on any atom is 0.204 e. The van der Waals surface area contributed by atoms with Crippen LogP contribution in [0.25, 0.3) is 0 Å². The van der Waals surface area contributed by atoms with Crippen molar-refractivity contribution in [2.24, 2.45) is 0 Å². The fourth-order valence-electron chi connectivity index (χ4n) is 2.39. The van der Waals surface area contributed by atoms with E-state index in [1.165, 1.54) is 0 Å². The van der Waals surface area contributed by atoms with Gasteiger partial charge in [0.05, 0.1) is 13.3 Å². The van der Waals surface area contributed by atoms with Crippen molar-refractivity contribution in [3.63, 3.8) is 0 Å². The summed E-state index contributed by atoms with van der Waals surface area (Å²) < 4.78 is 13.3. The van der Waals surface area contributed by atoms with Crippen molar-refractivity contribution >= 4 is 25.4 Å². The van der Waals surface area contributed by atoms with E-state index in [1.807, 2.05) is 0 Å². The van der Waals surface area contributed by atoms with Crippen molar-refractivity contribution in [3.8, 4) is 0 Å². The van der Waals surface area contributed by atoms with Crippen LogP contribution in [0.5, 0.6) is 0 Å². The van der Waals surface area contributed by atoms with Crippen molar-refractivity contribution < 1.29 is 8.85 Å². The monoisotopic (exact) mass is 334 g/mol. The summed E-state index contributed by atoms with van der Waals surface area (Å²) in [6.45, 7) is 25.5. The van der Waals surface area contributed by atoms with Gasteiger partial charge in [-0.15, -0.1) is 0 Å². The summed E-state index contributed by atoms with van der Waals surface area (Å²) in [7, 11) is -4.33. The van der Waals surface area contributed by atoms with Gasteiger partial charge in [-0.25, -0.2) is 0 Å². The summed E-state index contributed by atoms with van der Waals surface area (Å²) in [4.78, 5) is 0. The Labute approximate surface area is 131 Å². The Morgan fingerprint density at radius 1 is 0.900 bits per heavy atom. The van der Waals surface area contributed by atoms with Crippen LogP contribution >= 0.6 is 0 Å². The largest absolute Gasteiger partial charge is 0.415 e. The first-order valence-electron chi connectivity index (χ1n) is 8.09. The molecule has 0 bridgehead atoms. The van der Waals surface area contributed by atoms with E-state index < -0.39 is 25.4 Å². The first-order valence-corrected chi connectivity index (χ1v) is 17.2. The molecule has 0 fully saturated rings. The second-order valence-corrected chi connectivity index (χ2v) is 21.2. The van der Waals surface area contributed by atoms with Gasteiger partial charge in [0, 0.05) is 5.22 Å². The lowest BCUT2D eigenvalue weighted by Gasteiger charge is -2.47. The first kappa shape index (κ1) is 20.6. The van der Waals surface area contributed by atoms with Crippen molar-refractivity contribution in [1.29, 1.82) is 0 Å². The Balaban J connectivity index is 5.23. The molecule has 5 heteroatoms. The Hall–Kier alpha value is 0.571. The average molecular weight is 335 g/mol. The number of rotatable bonds is 8. The quantitative estimate of drug-likeness (QED) is 0.584. The van der Waals surface area contributed by atoms with Crippen molar-refractivity contribution in [3.05, 3.63) is 0 Å². The lowest BCUT2D eigenvalue weighted by molar-refractivity contribution is 0.0822. The minimum Gasteiger partial charge on any atom is -0.415 e. The molecule has 122 valence electrons. The molecule has 1 unspecified atom stereocenters. The zero-order chi connectivity index (χ0) is 16.4. The van der Waals surface area contributed by atoms with Gasteiger partial charge in [-0.1, -0.05) is 33.5 Å². The summed E-state index contributed by atoms with van der Waals surface area (Å²) >= 11 is 0. The summed E-state index contributed by atoms with van der Waals surface area (Å²) in [5, 5.41) is 0.0262. The number of hydrogen-bond acceptors (Lipinski definition) is 2.